The van der Waals surface area contributed by atoms with Crippen LogP contribution in [0.15, 0.2) is 58.9 Å². The highest BCUT2D eigenvalue weighted by molar-refractivity contribution is 7.93. The Balaban J connectivity index is 1.74. The first-order chi connectivity index (χ1) is 13.5. The summed E-state index contributed by atoms with van der Waals surface area (Å²) in [6, 6.07) is 11.4. The number of hydrogen-bond acceptors (Lipinski definition) is 7. The van der Waals surface area contributed by atoms with E-state index in [9.17, 15) is 13.2 Å². The zero-order valence-corrected chi connectivity index (χ0v) is 16.3. The van der Waals surface area contributed by atoms with Gasteiger partial charge in [0.2, 0.25) is 0 Å². The van der Waals surface area contributed by atoms with Gasteiger partial charge in [-0.3, -0.25) is 14.4 Å². The summed E-state index contributed by atoms with van der Waals surface area (Å²) in [6.45, 7) is -0.214. The van der Waals surface area contributed by atoms with E-state index in [-0.39, 0.29) is 28.3 Å². The highest BCUT2D eigenvalue weighted by atomic mass is 32.2. The molecule has 1 amide bonds. The van der Waals surface area contributed by atoms with Gasteiger partial charge >= 0.3 is 0 Å². The molecular formula is C18H15N3O5S2. The number of ether oxygens (including phenoxy) is 2. The number of sulfonamides is 1. The van der Waals surface area contributed by atoms with Crippen LogP contribution in [-0.2, 0) is 14.8 Å². The van der Waals surface area contributed by atoms with Crippen LogP contribution >= 0.6 is 11.3 Å². The molecule has 1 aliphatic heterocycles. The first-order valence-corrected chi connectivity index (χ1v) is 10.5. The van der Waals surface area contributed by atoms with Gasteiger partial charge in [-0.2, -0.15) is 0 Å². The van der Waals surface area contributed by atoms with E-state index >= 15 is 0 Å². The molecule has 0 aliphatic carbocycles. The Hall–Kier alpha value is -3.11. The van der Waals surface area contributed by atoms with Crippen LogP contribution in [0.3, 0.4) is 0 Å². The summed E-state index contributed by atoms with van der Waals surface area (Å²) in [4.78, 5) is 17.9. The molecule has 1 N–H and O–H groups in total. The number of carbonyl (C=O) groups is 1. The Labute approximate surface area is 165 Å². The molecule has 0 bridgehead atoms. The quantitative estimate of drug-likeness (QED) is 0.685. The summed E-state index contributed by atoms with van der Waals surface area (Å²) in [7, 11) is -2.32. The average Bonchev–Trinajstić information content (AvgIpc) is 3.20. The monoisotopic (exact) mass is 417 g/mol. The van der Waals surface area contributed by atoms with Crippen LogP contribution < -0.4 is 19.1 Å². The molecule has 10 heteroatoms. The fraction of sp³-hybridized carbons (Fsp3) is 0.111. The third-order valence-electron chi connectivity index (χ3n) is 4.06. The van der Waals surface area contributed by atoms with E-state index in [1.165, 1.54) is 47.7 Å². The number of amides is 1. The number of fused-ring (bicyclic) bond motifs is 1. The van der Waals surface area contributed by atoms with Crippen molar-refractivity contribution in [2.45, 2.75) is 4.90 Å². The summed E-state index contributed by atoms with van der Waals surface area (Å²) in [5, 5.41) is 1.94. The zero-order valence-electron chi connectivity index (χ0n) is 14.7. The average molecular weight is 417 g/mol. The Kier molecular flexibility index (Phi) is 4.65. The number of nitrogens with one attached hydrogen (secondary N) is 1. The summed E-state index contributed by atoms with van der Waals surface area (Å²) in [6.07, 6.45) is 1.51. The van der Waals surface area contributed by atoms with Crippen LogP contribution in [0, 0.1) is 0 Å². The predicted molar refractivity (Wildman–Crippen MR) is 105 cm³/mol. The van der Waals surface area contributed by atoms with Gasteiger partial charge in [-0.25, -0.2) is 13.4 Å². The van der Waals surface area contributed by atoms with Gasteiger partial charge in [0.1, 0.15) is 11.5 Å². The highest BCUT2D eigenvalue weighted by Gasteiger charge is 2.30. The van der Waals surface area contributed by atoms with E-state index < -0.39 is 10.0 Å². The minimum atomic E-state index is -3.84. The molecule has 3 aromatic rings. The fourth-order valence-corrected chi connectivity index (χ4v) is 4.63. The molecular weight excluding hydrogens is 402 g/mol. The van der Waals surface area contributed by atoms with Crippen molar-refractivity contribution in [3.8, 4) is 11.5 Å². The number of rotatable bonds is 5. The minimum absolute atomic E-state index is 0.00998. The van der Waals surface area contributed by atoms with Gasteiger partial charge in [0.25, 0.3) is 15.9 Å². The molecule has 2 heterocycles. The molecule has 1 aliphatic rings. The molecule has 4 rings (SSSR count). The van der Waals surface area contributed by atoms with E-state index in [2.05, 4.69) is 9.71 Å². The van der Waals surface area contributed by atoms with E-state index in [4.69, 9.17) is 9.47 Å². The maximum atomic E-state index is 12.6. The van der Waals surface area contributed by atoms with Crippen LogP contribution in [0.5, 0.6) is 11.5 Å². The molecule has 28 heavy (non-hydrogen) atoms. The van der Waals surface area contributed by atoms with Gasteiger partial charge in [0.15, 0.2) is 11.7 Å². The van der Waals surface area contributed by atoms with Crippen LogP contribution in [0.2, 0.25) is 0 Å². The van der Waals surface area contributed by atoms with E-state index in [0.29, 0.717) is 17.1 Å². The molecule has 0 saturated carbocycles. The molecule has 0 atom stereocenters. The van der Waals surface area contributed by atoms with Crippen molar-refractivity contribution in [3.63, 3.8) is 0 Å². The largest absolute Gasteiger partial charge is 0.495 e. The first-order valence-electron chi connectivity index (χ1n) is 8.15. The molecule has 2 aromatic carbocycles. The standard InChI is InChI=1S/C18H15N3O5S2/c1-25-15-5-3-2-4-13(15)21-14-7-6-12(10-16(14)26-11-17(21)22)28(23,24)20-18-19-8-9-27-18/h2-10H,11H2,1H3,(H,19,20). The van der Waals surface area contributed by atoms with Crippen molar-refractivity contribution in [2.75, 3.05) is 23.3 Å². The lowest BCUT2D eigenvalue weighted by molar-refractivity contribution is -0.120. The molecule has 0 unspecified atom stereocenters. The lowest BCUT2D eigenvalue weighted by Crippen LogP contribution is -2.35. The molecule has 0 fully saturated rings. The van der Waals surface area contributed by atoms with Crippen molar-refractivity contribution >= 4 is 43.8 Å². The molecule has 1 aromatic heterocycles. The Morgan fingerprint density at radius 1 is 1.21 bits per heavy atom. The molecule has 8 nitrogen and oxygen atoms in total. The van der Waals surface area contributed by atoms with Crippen LogP contribution in [-0.4, -0.2) is 33.0 Å². The van der Waals surface area contributed by atoms with Gasteiger partial charge in [-0.05, 0) is 24.3 Å². The van der Waals surface area contributed by atoms with Gasteiger partial charge in [-0.1, -0.05) is 12.1 Å². The number of carbonyl (C=O) groups excluding carboxylic acids is 1. The maximum absolute atomic E-state index is 12.6. The van der Waals surface area contributed by atoms with Crippen molar-refractivity contribution in [1.29, 1.82) is 0 Å². The number of para-hydroxylation sites is 2. The lowest BCUT2D eigenvalue weighted by Gasteiger charge is -2.30. The van der Waals surface area contributed by atoms with Crippen LogP contribution in [0.1, 0.15) is 0 Å². The smallest absolute Gasteiger partial charge is 0.269 e. The van der Waals surface area contributed by atoms with Crippen LogP contribution in [0.4, 0.5) is 16.5 Å². The first kappa shape index (κ1) is 18.3. The van der Waals surface area contributed by atoms with Gasteiger partial charge < -0.3 is 9.47 Å². The second-order valence-corrected chi connectivity index (χ2v) is 8.34. The van der Waals surface area contributed by atoms with Gasteiger partial charge in [-0.15, -0.1) is 11.3 Å². The third kappa shape index (κ3) is 3.27. The number of hydrogen-bond donors (Lipinski definition) is 1. The second kappa shape index (κ2) is 7.13. The molecule has 0 saturated heterocycles. The molecule has 0 radical (unpaired) electrons. The summed E-state index contributed by atoms with van der Waals surface area (Å²) >= 11 is 1.18. The van der Waals surface area contributed by atoms with Crippen molar-refractivity contribution < 1.29 is 22.7 Å². The van der Waals surface area contributed by atoms with E-state index in [0.717, 1.165) is 0 Å². The Morgan fingerprint density at radius 2 is 2.04 bits per heavy atom. The van der Waals surface area contributed by atoms with Crippen molar-refractivity contribution in [1.82, 2.24) is 4.98 Å². The number of methoxy groups -OCH3 is 1. The predicted octanol–water partition coefficient (Wildman–Crippen LogP) is 3.01. The van der Waals surface area contributed by atoms with Crippen molar-refractivity contribution in [3.05, 3.63) is 54.0 Å². The molecule has 144 valence electrons. The number of aromatic nitrogens is 1. The van der Waals surface area contributed by atoms with E-state index in [1.54, 1.807) is 29.6 Å². The topological polar surface area (TPSA) is 97.8 Å². The normalized spacial score (nSPS) is 13.6. The number of benzene rings is 2. The fourth-order valence-electron chi connectivity index (χ4n) is 2.83. The number of nitrogens with zero attached hydrogens (tertiary/aromatic N) is 2. The molecule has 0 spiro atoms. The third-order valence-corrected chi connectivity index (χ3v) is 6.22. The Bertz CT molecular complexity index is 1130. The van der Waals surface area contributed by atoms with Gasteiger partial charge in [0, 0.05) is 17.6 Å². The van der Waals surface area contributed by atoms with Crippen LogP contribution in [0.25, 0.3) is 0 Å². The summed E-state index contributed by atoms with van der Waals surface area (Å²) < 4.78 is 38.5. The summed E-state index contributed by atoms with van der Waals surface area (Å²) in [5.41, 5.74) is 0.991. The lowest BCUT2D eigenvalue weighted by atomic mass is 10.2. The summed E-state index contributed by atoms with van der Waals surface area (Å²) in [5.74, 6) is 0.520. The Morgan fingerprint density at radius 3 is 2.79 bits per heavy atom. The highest BCUT2D eigenvalue weighted by Crippen LogP contribution is 2.42. The second-order valence-electron chi connectivity index (χ2n) is 5.76. The number of thiazole rings is 1. The van der Waals surface area contributed by atoms with Gasteiger partial charge in [0.05, 0.1) is 23.4 Å². The maximum Gasteiger partial charge on any atom is 0.269 e. The van der Waals surface area contributed by atoms with Crippen molar-refractivity contribution in [2.24, 2.45) is 0 Å². The zero-order chi connectivity index (χ0) is 19.7. The van der Waals surface area contributed by atoms with E-state index in [1.807, 2.05) is 0 Å². The number of anilines is 3. The minimum Gasteiger partial charge on any atom is -0.495 e. The SMILES string of the molecule is COc1ccccc1N1C(=O)COc2cc(S(=O)(=O)Nc3nccs3)ccc21.